The Morgan fingerprint density at radius 1 is 1.20 bits per heavy atom. The molecule has 136 valence electrons. The van der Waals surface area contributed by atoms with Crippen LogP contribution in [-0.2, 0) is 11.2 Å². The van der Waals surface area contributed by atoms with Gasteiger partial charge in [-0.2, -0.15) is 0 Å². The number of aryl methyl sites for hydroxylation is 1. The molecule has 0 unspecified atom stereocenters. The molecule has 1 heterocycles. The number of carbonyl (C=O) groups excluding carboxylic acids is 1. The number of ketones is 1. The SMILES string of the molecule is Cc1cc2c(cc1N(C)C)/C(=C/C(=O)C1CCCCC1)NC(C)(C)C2. The molecule has 1 aliphatic carbocycles. The number of benzene rings is 1. The summed E-state index contributed by atoms with van der Waals surface area (Å²) >= 11 is 0. The van der Waals surface area contributed by atoms with Gasteiger partial charge < -0.3 is 10.2 Å². The van der Waals surface area contributed by atoms with Crippen LogP contribution in [0.5, 0.6) is 0 Å². The molecule has 3 rings (SSSR count). The van der Waals surface area contributed by atoms with Crippen LogP contribution in [-0.4, -0.2) is 25.4 Å². The van der Waals surface area contributed by atoms with Gasteiger partial charge in [0.15, 0.2) is 5.78 Å². The van der Waals surface area contributed by atoms with Gasteiger partial charge in [0.25, 0.3) is 0 Å². The van der Waals surface area contributed by atoms with E-state index in [1.54, 1.807) is 0 Å². The van der Waals surface area contributed by atoms with Gasteiger partial charge in [0.2, 0.25) is 0 Å². The van der Waals surface area contributed by atoms with E-state index in [1.807, 2.05) is 6.08 Å². The van der Waals surface area contributed by atoms with E-state index in [1.165, 1.54) is 41.6 Å². The highest BCUT2D eigenvalue weighted by Crippen LogP contribution is 2.35. The standard InChI is InChI=1S/C22H32N2O/c1-15-11-17-14-22(2,3)23-19(18(17)12-20(15)24(4)5)13-21(25)16-9-7-6-8-10-16/h11-13,16,23H,6-10,14H2,1-5H3/b19-13-. The van der Waals surface area contributed by atoms with Gasteiger partial charge in [-0.3, -0.25) is 4.79 Å². The second-order valence-corrected chi connectivity index (χ2v) is 8.67. The molecule has 0 atom stereocenters. The van der Waals surface area contributed by atoms with E-state index < -0.39 is 0 Å². The maximum absolute atomic E-state index is 12.8. The van der Waals surface area contributed by atoms with Crippen LogP contribution in [0.4, 0.5) is 5.69 Å². The Hall–Kier alpha value is -1.77. The maximum atomic E-state index is 12.8. The predicted molar refractivity (Wildman–Crippen MR) is 106 cm³/mol. The average Bonchev–Trinajstić information content (AvgIpc) is 2.53. The second-order valence-electron chi connectivity index (χ2n) is 8.67. The van der Waals surface area contributed by atoms with Crippen LogP contribution in [0, 0.1) is 12.8 Å². The van der Waals surface area contributed by atoms with Crippen molar-refractivity contribution in [2.75, 3.05) is 19.0 Å². The summed E-state index contributed by atoms with van der Waals surface area (Å²) in [6.07, 6.45) is 8.64. The summed E-state index contributed by atoms with van der Waals surface area (Å²) in [6.45, 7) is 6.59. The lowest BCUT2D eigenvalue weighted by Crippen LogP contribution is -2.44. The first-order valence-electron chi connectivity index (χ1n) is 9.62. The van der Waals surface area contributed by atoms with Crippen LogP contribution in [0.3, 0.4) is 0 Å². The van der Waals surface area contributed by atoms with Crippen molar-refractivity contribution >= 4 is 17.2 Å². The minimum atomic E-state index is -0.0300. The Kier molecular flexibility index (Phi) is 4.95. The first-order valence-corrected chi connectivity index (χ1v) is 9.62. The van der Waals surface area contributed by atoms with Gasteiger partial charge in [-0.05, 0) is 57.2 Å². The number of nitrogens with one attached hydrogen (secondary N) is 1. The largest absolute Gasteiger partial charge is 0.379 e. The van der Waals surface area contributed by atoms with Crippen molar-refractivity contribution in [2.24, 2.45) is 5.92 Å². The average molecular weight is 341 g/mol. The summed E-state index contributed by atoms with van der Waals surface area (Å²) in [5, 5.41) is 3.63. The van der Waals surface area contributed by atoms with Crippen molar-refractivity contribution in [3.8, 4) is 0 Å². The third kappa shape index (κ3) is 3.91. The number of carbonyl (C=O) groups is 1. The first kappa shape index (κ1) is 18.0. The number of allylic oxidation sites excluding steroid dienone is 1. The summed E-state index contributed by atoms with van der Waals surface area (Å²) in [5.74, 6) is 0.521. The minimum absolute atomic E-state index is 0.0300. The van der Waals surface area contributed by atoms with E-state index in [2.05, 4.69) is 57.2 Å². The molecule has 0 radical (unpaired) electrons. The summed E-state index contributed by atoms with van der Waals surface area (Å²) in [7, 11) is 4.15. The molecule has 0 bridgehead atoms. The van der Waals surface area contributed by atoms with E-state index in [0.29, 0.717) is 5.78 Å². The minimum Gasteiger partial charge on any atom is -0.379 e. The summed E-state index contributed by atoms with van der Waals surface area (Å²) in [5.41, 5.74) is 6.02. The highest BCUT2D eigenvalue weighted by Gasteiger charge is 2.30. The molecule has 3 nitrogen and oxygen atoms in total. The van der Waals surface area contributed by atoms with Gasteiger partial charge >= 0.3 is 0 Å². The lowest BCUT2D eigenvalue weighted by molar-refractivity contribution is -0.119. The molecule has 3 heteroatoms. The molecule has 1 saturated carbocycles. The molecule has 0 aromatic heterocycles. The van der Waals surface area contributed by atoms with Crippen LogP contribution < -0.4 is 10.2 Å². The molecule has 1 aromatic rings. The van der Waals surface area contributed by atoms with Gasteiger partial charge in [0, 0.05) is 48.6 Å². The van der Waals surface area contributed by atoms with E-state index in [-0.39, 0.29) is 11.5 Å². The fourth-order valence-corrected chi connectivity index (χ4v) is 4.35. The zero-order chi connectivity index (χ0) is 18.2. The van der Waals surface area contributed by atoms with E-state index in [4.69, 9.17) is 0 Å². The van der Waals surface area contributed by atoms with Crippen LogP contribution >= 0.6 is 0 Å². The third-order valence-corrected chi connectivity index (χ3v) is 5.59. The van der Waals surface area contributed by atoms with Gasteiger partial charge in [-0.1, -0.05) is 25.3 Å². The second kappa shape index (κ2) is 6.86. The first-order chi connectivity index (χ1) is 11.8. The summed E-state index contributed by atoms with van der Waals surface area (Å²) in [6, 6.07) is 4.54. The highest BCUT2D eigenvalue weighted by molar-refractivity contribution is 5.99. The zero-order valence-electron chi connectivity index (χ0n) is 16.4. The van der Waals surface area contributed by atoms with Crippen molar-refractivity contribution in [3.05, 3.63) is 34.9 Å². The number of nitrogens with zero attached hydrogens (tertiary/aromatic N) is 1. The number of anilines is 1. The predicted octanol–water partition coefficient (Wildman–Crippen LogP) is 4.48. The van der Waals surface area contributed by atoms with Gasteiger partial charge in [-0.15, -0.1) is 0 Å². The van der Waals surface area contributed by atoms with Crippen molar-refractivity contribution in [1.82, 2.24) is 5.32 Å². The van der Waals surface area contributed by atoms with Crippen LogP contribution in [0.15, 0.2) is 18.2 Å². The lowest BCUT2D eigenvalue weighted by Gasteiger charge is -2.37. The molecular weight excluding hydrogens is 308 g/mol. The van der Waals surface area contributed by atoms with Crippen LogP contribution in [0.25, 0.3) is 5.70 Å². The molecule has 1 aromatic carbocycles. The summed E-state index contributed by atoms with van der Waals surface area (Å²) < 4.78 is 0. The van der Waals surface area contributed by atoms with Crippen molar-refractivity contribution in [3.63, 3.8) is 0 Å². The molecule has 1 fully saturated rings. The van der Waals surface area contributed by atoms with E-state index in [0.717, 1.165) is 25.0 Å². The van der Waals surface area contributed by atoms with E-state index in [9.17, 15) is 4.79 Å². The molecule has 1 aliphatic heterocycles. The Morgan fingerprint density at radius 2 is 1.88 bits per heavy atom. The fraction of sp³-hybridized carbons (Fsp3) is 0.591. The monoisotopic (exact) mass is 340 g/mol. The number of hydrogen-bond donors (Lipinski definition) is 1. The highest BCUT2D eigenvalue weighted by atomic mass is 16.1. The normalized spacial score (nSPS) is 21.6. The molecular formula is C22H32N2O. The van der Waals surface area contributed by atoms with Crippen LogP contribution in [0.2, 0.25) is 0 Å². The van der Waals surface area contributed by atoms with Crippen molar-refractivity contribution < 1.29 is 4.79 Å². The van der Waals surface area contributed by atoms with Gasteiger partial charge in [0.1, 0.15) is 0 Å². The molecule has 0 amide bonds. The van der Waals surface area contributed by atoms with Crippen LogP contribution in [0.1, 0.15) is 62.6 Å². The summed E-state index contributed by atoms with van der Waals surface area (Å²) in [4.78, 5) is 15.0. The van der Waals surface area contributed by atoms with Crippen molar-refractivity contribution in [2.45, 2.75) is 64.8 Å². The zero-order valence-corrected chi connectivity index (χ0v) is 16.4. The fourth-order valence-electron chi connectivity index (χ4n) is 4.35. The molecule has 2 aliphatic rings. The molecule has 0 saturated heterocycles. The third-order valence-electron chi connectivity index (χ3n) is 5.59. The maximum Gasteiger partial charge on any atom is 0.160 e. The number of fused-ring (bicyclic) bond motifs is 1. The smallest absolute Gasteiger partial charge is 0.160 e. The lowest BCUT2D eigenvalue weighted by atomic mass is 9.82. The Balaban J connectivity index is 2.00. The molecule has 25 heavy (non-hydrogen) atoms. The number of rotatable bonds is 3. The van der Waals surface area contributed by atoms with Crippen molar-refractivity contribution in [1.29, 1.82) is 0 Å². The van der Waals surface area contributed by atoms with Gasteiger partial charge in [0.05, 0.1) is 0 Å². The Morgan fingerprint density at radius 3 is 2.52 bits per heavy atom. The van der Waals surface area contributed by atoms with Gasteiger partial charge in [-0.25, -0.2) is 0 Å². The molecule has 0 spiro atoms. The quantitative estimate of drug-likeness (QED) is 0.824. The van der Waals surface area contributed by atoms with E-state index >= 15 is 0 Å². The number of hydrogen-bond acceptors (Lipinski definition) is 3. The molecule has 1 N–H and O–H groups in total. The Bertz CT molecular complexity index is 694. The topological polar surface area (TPSA) is 32.3 Å². The Labute approximate surface area is 152 Å².